The Labute approximate surface area is 268 Å². The van der Waals surface area contributed by atoms with Crippen LogP contribution in [0.15, 0.2) is 30.5 Å². The summed E-state index contributed by atoms with van der Waals surface area (Å²) in [7, 11) is -3.29. The van der Waals surface area contributed by atoms with Crippen LogP contribution in [-0.2, 0) is 9.84 Å². The van der Waals surface area contributed by atoms with Crippen molar-refractivity contribution in [2.75, 3.05) is 43.9 Å². The van der Waals surface area contributed by atoms with Crippen LogP contribution >= 0.6 is 0 Å². The van der Waals surface area contributed by atoms with Crippen molar-refractivity contribution in [1.29, 1.82) is 0 Å². The lowest BCUT2D eigenvalue weighted by atomic mass is 9.95. The zero-order valence-electron chi connectivity index (χ0n) is 25.6. The first kappa shape index (κ1) is 30.5. The van der Waals surface area contributed by atoms with E-state index in [4.69, 9.17) is 9.72 Å². The predicted octanol–water partition coefficient (Wildman–Crippen LogP) is 5.18. The molecule has 2 aromatic carbocycles. The first-order valence-corrected chi connectivity index (χ1v) is 17.8. The normalized spacial score (nSPS) is 27.6. The van der Waals surface area contributed by atoms with Gasteiger partial charge in [0.1, 0.15) is 35.6 Å². The number of aromatic nitrogens is 3. The monoisotopic (exact) mass is 671 g/mol. The molecular formula is C33H33F4N5O4S. The summed E-state index contributed by atoms with van der Waals surface area (Å²) in [5.74, 6) is -3.56. The highest BCUT2D eigenvalue weighted by Gasteiger charge is 2.50. The SMILES string of the molecule is CS(=O)(=O)C1C2CCC1CN(c1nc(OC[C@@]34CCCN3C[C@H](F)C4)nc3c(F)c(-c4cc(O)cc5ccc(F)c(F)c45)ncc13)C2. The number of sulfone groups is 1. The Morgan fingerprint density at radius 3 is 2.57 bits per heavy atom. The van der Waals surface area contributed by atoms with Crippen LogP contribution in [0, 0.1) is 29.3 Å². The molecule has 4 aliphatic rings. The molecule has 248 valence electrons. The van der Waals surface area contributed by atoms with Crippen molar-refractivity contribution in [1.82, 2.24) is 19.9 Å². The predicted molar refractivity (Wildman–Crippen MR) is 167 cm³/mol. The molecule has 1 aliphatic carbocycles. The Morgan fingerprint density at radius 1 is 1.06 bits per heavy atom. The van der Waals surface area contributed by atoms with Crippen LogP contribution < -0.4 is 9.64 Å². The van der Waals surface area contributed by atoms with E-state index in [2.05, 4.69) is 14.9 Å². The van der Waals surface area contributed by atoms with Gasteiger partial charge in [-0.25, -0.2) is 26.0 Å². The van der Waals surface area contributed by atoms with E-state index in [1.54, 1.807) is 0 Å². The highest BCUT2D eigenvalue weighted by Crippen LogP contribution is 2.45. The second-order valence-electron chi connectivity index (χ2n) is 13.6. The molecule has 14 heteroatoms. The fourth-order valence-corrected chi connectivity index (χ4v) is 10.6. The number of ether oxygens (including phenoxy) is 1. The minimum Gasteiger partial charge on any atom is -0.508 e. The van der Waals surface area contributed by atoms with E-state index in [9.17, 15) is 22.3 Å². The summed E-state index contributed by atoms with van der Waals surface area (Å²) < 4.78 is 92.1. The van der Waals surface area contributed by atoms with Crippen LogP contribution in [0.4, 0.5) is 23.4 Å². The van der Waals surface area contributed by atoms with E-state index >= 15 is 8.78 Å². The number of fused-ring (bicyclic) bond motifs is 5. The fourth-order valence-electron chi connectivity index (χ4n) is 8.77. The Kier molecular flexibility index (Phi) is 7.07. The number of aromatic hydroxyl groups is 1. The lowest BCUT2D eigenvalue weighted by molar-refractivity contribution is 0.107. The van der Waals surface area contributed by atoms with Gasteiger partial charge in [-0.2, -0.15) is 9.97 Å². The van der Waals surface area contributed by atoms with E-state index < -0.39 is 44.2 Å². The van der Waals surface area contributed by atoms with Crippen LogP contribution in [-0.4, -0.2) is 89.4 Å². The van der Waals surface area contributed by atoms with Gasteiger partial charge in [0.05, 0.1) is 16.2 Å². The van der Waals surface area contributed by atoms with Crippen molar-refractivity contribution in [2.45, 2.75) is 49.1 Å². The summed E-state index contributed by atoms with van der Waals surface area (Å²) in [6.45, 7) is 1.91. The highest BCUT2D eigenvalue weighted by atomic mass is 32.2. The van der Waals surface area contributed by atoms with E-state index in [1.165, 1.54) is 24.6 Å². The van der Waals surface area contributed by atoms with E-state index in [0.29, 0.717) is 31.9 Å². The largest absolute Gasteiger partial charge is 0.508 e. The second-order valence-corrected chi connectivity index (χ2v) is 15.8. The number of piperidine rings is 1. The van der Waals surface area contributed by atoms with Crippen molar-refractivity contribution >= 4 is 37.3 Å². The molecule has 2 aromatic heterocycles. The third kappa shape index (κ3) is 4.97. The summed E-state index contributed by atoms with van der Waals surface area (Å²) in [4.78, 5) is 17.5. The number of phenols is 1. The highest BCUT2D eigenvalue weighted by molar-refractivity contribution is 7.91. The number of halogens is 4. The topological polar surface area (TPSA) is 109 Å². The Bertz CT molecular complexity index is 2040. The Hall–Kier alpha value is -3.78. The Balaban J connectivity index is 1.26. The van der Waals surface area contributed by atoms with Crippen molar-refractivity contribution in [3.05, 3.63) is 47.9 Å². The van der Waals surface area contributed by atoms with Crippen LogP contribution in [0.25, 0.3) is 32.9 Å². The molecule has 47 heavy (non-hydrogen) atoms. The quantitative estimate of drug-likeness (QED) is 0.278. The molecule has 2 bridgehead atoms. The summed E-state index contributed by atoms with van der Waals surface area (Å²) in [5.41, 5.74) is -1.22. The summed E-state index contributed by atoms with van der Waals surface area (Å²) >= 11 is 0. The molecular weight excluding hydrogens is 638 g/mol. The van der Waals surface area contributed by atoms with Crippen molar-refractivity contribution in [3.63, 3.8) is 0 Å². The van der Waals surface area contributed by atoms with Gasteiger partial charge in [0.2, 0.25) is 0 Å². The summed E-state index contributed by atoms with van der Waals surface area (Å²) in [6.07, 6.45) is 5.06. The molecule has 4 aromatic rings. The number of phenolic OH excluding ortho intramolecular Hbond substituents is 1. The van der Waals surface area contributed by atoms with E-state index in [0.717, 1.165) is 44.4 Å². The maximum Gasteiger partial charge on any atom is 0.319 e. The number of hydrogen-bond acceptors (Lipinski definition) is 9. The maximum atomic E-state index is 16.7. The smallest absolute Gasteiger partial charge is 0.319 e. The van der Waals surface area contributed by atoms with Crippen LogP contribution in [0.1, 0.15) is 32.1 Å². The molecule has 2 unspecified atom stereocenters. The average molecular weight is 672 g/mol. The third-order valence-electron chi connectivity index (χ3n) is 10.7. The van der Waals surface area contributed by atoms with Gasteiger partial charge in [-0.1, -0.05) is 6.07 Å². The Morgan fingerprint density at radius 2 is 1.83 bits per heavy atom. The van der Waals surface area contributed by atoms with Gasteiger partial charge in [-0.05, 0) is 67.6 Å². The lowest BCUT2D eigenvalue weighted by Crippen LogP contribution is -2.48. The molecule has 4 atom stereocenters. The van der Waals surface area contributed by atoms with Crippen molar-refractivity contribution < 1.29 is 35.8 Å². The molecule has 8 rings (SSSR count). The molecule has 1 saturated carbocycles. The van der Waals surface area contributed by atoms with Gasteiger partial charge >= 0.3 is 6.01 Å². The molecule has 0 spiro atoms. The van der Waals surface area contributed by atoms with Crippen molar-refractivity contribution in [2.24, 2.45) is 11.8 Å². The lowest BCUT2D eigenvalue weighted by Gasteiger charge is -2.38. The minimum absolute atomic E-state index is 0.0982. The third-order valence-corrected chi connectivity index (χ3v) is 12.4. The zero-order chi connectivity index (χ0) is 32.8. The molecule has 9 nitrogen and oxygen atoms in total. The van der Waals surface area contributed by atoms with Gasteiger partial charge < -0.3 is 14.7 Å². The number of alkyl halides is 1. The average Bonchev–Trinajstić information content (AvgIpc) is 3.64. The van der Waals surface area contributed by atoms with E-state index in [1.807, 2.05) is 4.90 Å². The van der Waals surface area contributed by atoms with Gasteiger partial charge in [-0.3, -0.25) is 9.88 Å². The number of pyridine rings is 1. The molecule has 5 heterocycles. The molecule has 0 amide bonds. The first-order valence-electron chi connectivity index (χ1n) is 15.8. The first-order chi connectivity index (χ1) is 22.4. The molecule has 3 saturated heterocycles. The number of nitrogens with zero attached hydrogens (tertiary/aromatic N) is 5. The summed E-state index contributed by atoms with van der Waals surface area (Å²) in [6, 6.07) is 4.44. The number of rotatable bonds is 6. The van der Waals surface area contributed by atoms with E-state index in [-0.39, 0.29) is 63.1 Å². The number of anilines is 1. The number of hydrogen-bond donors (Lipinski definition) is 1. The van der Waals surface area contributed by atoms with Crippen LogP contribution in [0.5, 0.6) is 11.8 Å². The number of benzene rings is 2. The maximum absolute atomic E-state index is 16.7. The van der Waals surface area contributed by atoms with Crippen LogP contribution in [0.3, 0.4) is 0 Å². The molecule has 3 aliphatic heterocycles. The molecule has 0 radical (unpaired) electrons. The standard InChI is InChI=1S/C33H33F4N5O4S/c1-47(44,45)30-18-3-4-19(30)14-41(13-18)31-23-12-38-28(22-10-21(43)9-17-5-6-24(35)26(36)25(17)22)27(37)29(23)39-32(40-31)46-16-33-7-2-8-42(33)15-20(34)11-33/h5-6,9-10,12,18-20,30,43H,2-4,7-8,11,13-16H2,1H3/t18?,19?,20-,30?,33+/m1/s1. The second kappa shape index (κ2) is 10.9. The van der Waals surface area contributed by atoms with Gasteiger partial charge in [-0.15, -0.1) is 0 Å². The van der Waals surface area contributed by atoms with Crippen LogP contribution in [0.2, 0.25) is 0 Å². The zero-order valence-corrected chi connectivity index (χ0v) is 26.4. The van der Waals surface area contributed by atoms with Gasteiger partial charge in [0.25, 0.3) is 0 Å². The minimum atomic E-state index is -3.29. The van der Waals surface area contributed by atoms with Gasteiger partial charge in [0.15, 0.2) is 27.3 Å². The summed E-state index contributed by atoms with van der Waals surface area (Å²) in [5, 5.41) is 10.1. The molecule has 4 fully saturated rings. The van der Waals surface area contributed by atoms with Gasteiger partial charge in [0, 0.05) is 49.5 Å². The fraction of sp³-hybridized carbons (Fsp3) is 0.485. The molecule has 1 N–H and O–H groups in total. The van der Waals surface area contributed by atoms with Crippen molar-refractivity contribution in [3.8, 4) is 23.0 Å².